The van der Waals surface area contributed by atoms with Gasteiger partial charge in [-0.15, -0.1) is 0 Å². The molecule has 0 aliphatic heterocycles. The summed E-state index contributed by atoms with van der Waals surface area (Å²) < 4.78 is 0. The Morgan fingerprint density at radius 1 is 1.11 bits per heavy atom. The fourth-order valence-electron chi connectivity index (χ4n) is 4.52. The van der Waals surface area contributed by atoms with Crippen molar-refractivity contribution in [3.63, 3.8) is 0 Å². The summed E-state index contributed by atoms with van der Waals surface area (Å²) >= 11 is 0. The summed E-state index contributed by atoms with van der Waals surface area (Å²) in [5.41, 5.74) is 6.15. The average molecular weight is 267 g/mol. The summed E-state index contributed by atoms with van der Waals surface area (Å²) in [6, 6.07) is 0. The highest BCUT2D eigenvalue weighted by Gasteiger charge is 2.43. The second kappa shape index (κ2) is 7.08. The minimum absolute atomic E-state index is 0.0479. The lowest BCUT2D eigenvalue weighted by Crippen LogP contribution is -2.48. The molecular formula is C17H33NO. The van der Waals surface area contributed by atoms with Crippen molar-refractivity contribution in [3.8, 4) is 0 Å². The molecule has 2 nitrogen and oxygen atoms in total. The third-order valence-corrected chi connectivity index (χ3v) is 5.93. The van der Waals surface area contributed by atoms with E-state index in [0.717, 1.165) is 18.8 Å². The van der Waals surface area contributed by atoms with Gasteiger partial charge in [-0.3, -0.25) is 0 Å². The van der Waals surface area contributed by atoms with Gasteiger partial charge in [0.15, 0.2) is 0 Å². The van der Waals surface area contributed by atoms with Gasteiger partial charge in [0.05, 0.1) is 6.10 Å². The van der Waals surface area contributed by atoms with E-state index in [1.165, 1.54) is 57.8 Å². The van der Waals surface area contributed by atoms with Crippen LogP contribution >= 0.6 is 0 Å². The van der Waals surface area contributed by atoms with Gasteiger partial charge in [0.25, 0.3) is 0 Å². The molecule has 1 atom stereocenters. The molecule has 0 aromatic carbocycles. The number of rotatable bonds is 5. The minimum Gasteiger partial charge on any atom is -0.392 e. The predicted molar refractivity (Wildman–Crippen MR) is 80.9 cm³/mol. The standard InChI is InChI=1S/C17H33NO/c1-2-6-14-9-11-17(13-18,12-10-14)16(19)15-7-4-3-5-8-15/h14-16,19H,2-13,18H2,1H3. The Bertz CT molecular complexity index is 252. The van der Waals surface area contributed by atoms with Gasteiger partial charge in [0, 0.05) is 12.0 Å². The van der Waals surface area contributed by atoms with Gasteiger partial charge in [-0.25, -0.2) is 0 Å². The highest BCUT2D eigenvalue weighted by Crippen LogP contribution is 2.46. The zero-order valence-corrected chi connectivity index (χ0v) is 12.7. The molecule has 2 fully saturated rings. The van der Waals surface area contributed by atoms with Crippen LogP contribution in [0.25, 0.3) is 0 Å². The van der Waals surface area contributed by atoms with Crippen molar-refractivity contribution in [2.45, 2.75) is 83.7 Å². The molecule has 3 N–H and O–H groups in total. The average Bonchev–Trinajstić information content (AvgIpc) is 2.49. The summed E-state index contributed by atoms with van der Waals surface area (Å²) in [5.74, 6) is 1.42. The molecule has 0 amide bonds. The lowest BCUT2D eigenvalue weighted by Gasteiger charge is -2.46. The van der Waals surface area contributed by atoms with Crippen LogP contribution in [-0.4, -0.2) is 17.8 Å². The summed E-state index contributed by atoms with van der Waals surface area (Å²) in [5, 5.41) is 10.9. The molecule has 0 spiro atoms. The smallest absolute Gasteiger partial charge is 0.0636 e. The molecule has 2 aliphatic rings. The summed E-state index contributed by atoms with van der Waals surface area (Å²) in [7, 11) is 0. The van der Waals surface area contributed by atoms with Crippen LogP contribution in [0, 0.1) is 17.3 Å². The molecule has 0 aromatic heterocycles. The molecule has 112 valence electrons. The lowest BCUT2D eigenvalue weighted by molar-refractivity contribution is -0.0540. The normalized spacial score (nSPS) is 35.2. The number of nitrogens with two attached hydrogens (primary N) is 1. The van der Waals surface area contributed by atoms with Crippen LogP contribution in [0.3, 0.4) is 0 Å². The van der Waals surface area contributed by atoms with Gasteiger partial charge in [-0.2, -0.15) is 0 Å². The first-order valence-corrected chi connectivity index (χ1v) is 8.60. The van der Waals surface area contributed by atoms with Crippen molar-refractivity contribution in [1.82, 2.24) is 0 Å². The molecule has 2 heteroatoms. The van der Waals surface area contributed by atoms with E-state index >= 15 is 0 Å². The van der Waals surface area contributed by atoms with Gasteiger partial charge in [0.2, 0.25) is 0 Å². The highest BCUT2D eigenvalue weighted by atomic mass is 16.3. The topological polar surface area (TPSA) is 46.2 Å². The largest absolute Gasteiger partial charge is 0.392 e. The molecule has 19 heavy (non-hydrogen) atoms. The van der Waals surface area contributed by atoms with Crippen LogP contribution in [-0.2, 0) is 0 Å². The molecule has 2 aliphatic carbocycles. The number of hydrogen-bond acceptors (Lipinski definition) is 2. The quantitative estimate of drug-likeness (QED) is 0.794. The van der Waals surface area contributed by atoms with E-state index in [4.69, 9.17) is 5.73 Å². The van der Waals surface area contributed by atoms with Crippen molar-refractivity contribution >= 4 is 0 Å². The minimum atomic E-state index is -0.139. The SMILES string of the molecule is CCCC1CCC(CN)(C(O)C2CCCCC2)CC1. The van der Waals surface area contributed by atoms with Gasteiger partial charge in [0.1, 0.15) is 0 Å². The fourth-order valence-corrected chi connectivity index (χ4v) is 4.52. The maximum Gasteiger partial charge on any atom is 0.0636 e. The van der Waals surface area contributed by atoms with E-state index in [1.54, 1.807) is 0 Å². The Morgan fingerprint density at radius 2 is 1.74 bits per heavy atom. The number of aliphatic hydroxyl groups excluding tert-OH is 1. The molecule has 1 unspecified atom stereocenters. The number of hydrogen-bond donors (Lipinski definition) is 2. The maximum atomic E-state index is 10.9. The van der Waals surface area contributed by atoms with Crippen LogP contribution in [0.1, 0.15) is 77.6 Å². The zero-order chi connectivity index (χ0) is 13.7. The molecular weight excluding hydrogens is 234 g/mol. The van der Waals surface area contributed by atoms with E-state index in [1.807, 2.05) is 0 Å². The first-order valence-electron chi connectivity index (χ1n) is 8.60. The van der Waals surface area contributed by atoms with Crippen molar-refractivity contribution in [2.75, 3.05) is 6.54 Å². The second-order valence-electron chi connectivity index (χ2n) is 7.14. The van der Waals surface area contributed by atoms with Crippen LogP contribution in [0.2, 0.25) is 0 Å². The fraction of sp³-hybridized carbons (Fsp3) is 1.00. The highest BCUT2D eigenvalue weighted by molar-refractivity contribution is 4.95. The van der Waals surface area contributed by atoms with Gasteiger partial charge < -0.3 is 10.8 Å². The van der Waals surface area contributed by atoms with E-state index in [9.17, 15) is 5.11 Å². The van der Waals surface area contributed by atoms with E-state index in [-0.39, 0.29) is 11.5 Å². The molecule has 0 saturated heterocycles. The Kier molecular flexibility index (Phi) is 5.70. The summed E-state index contributed by atoms with van der Waals surface area (Å²) in [4.78, 5) is 0. The third kappa shape index (κ3) is 3.52. The summed E-state index contributed by atoms with van der Waals surface area (Å²) in [6.07, 6.45) is 13.8. The lowest BCUT2D eigenvalue weighted by atomic mass is 9.62. The van der Waals surface area contributed by atoms with Crippen molar-refractivity contribution in [2.24, 2.45) is 23.0 Å². The summed E-state index contributed by atoms with van der Waals surface area (Å²) in [6.45, 7) is 2.96. The molecule has 2 rings (SSSR count). The molecule has 2 saturated carbocycles. The first kappa shape index (κ1) is 15.3. The van der Waals surface area contributed by atoms with Crippen LogP contribution in [0.5, 0.6) is 0 Å². The molecule has 0 aromatic rings. The van der Waals surface area contributed by atoms with E-state index < -0.39 is 0 Å². The van der Waals surface area contributed by atoms with Gasteiger partial charge in [-0.05, 0) is 50.4 Å². The Balaban J connectivity index is 1.94. The predicted octanol–water partition coefficient (Wildman–Crippen LogP) is 3.86. The molecule has 0 radical (unpaired) electrons. The van der Waals surface area contributed by atoms with Crippen molar-refractivity contribution < 1.29 is 5.11 Å². The first-order chi connectivity index (χ1) is 9.22. The van der Waals surface area contributed by atoms with E-state index in [0.29, 0.717) is 12.5 Å². The van der Waals surface area contributed by atoms with Crippen LogP contribution in [0.4, 0.5) is 0 Å². The van der Waals surface area contributed by atoms with Crippen LogP contribution in [0.15, 0.2) is 0 Å². The second-order valence-corrected chi connectivity index (χ2v) is 7.14. The van der Waals surface area contributed by atoms with Crippen LogP contribution < -0.4 is 5.73 Å². The van der Waals surface area contributed by atoms with Crippen molar-refractivity contribution in [3.05, 3.63) is 0 Å². The third-order valence-electron chi connectivity index (χ3n) is 5.93. The maximum absolute atomic E-state index is 10.9. The number of aliphatic hydroxyl groups is 1. The zero-order valence-electron chi connectivity index (χ0n) is 12.7. The van der Waals surface area contributed by atoms with Crippen molar-refractivity contribution in [1.29, 1.82) is 0 Å². The Hall–Kier alpha value is -0.0800. The van der Waals surface area contributed by atoms with E-state index in [2.05, 4.69) is 6.92 Å². The Morgan fingerprint density at radius 3 is 2.26 bits per heavy atom. The van der Waals surface area contributed by atoms with Gasteiger partial charge in [-0.1, -0.05) is 39.0 Å². The molecule has 0 heterocycles. The monoisotopic (exact) mass is 267 g/mol. The Labute approximate surface area is 119 Å². The molecule has 0 bridgehead atoms. The van der Waals surface area contributed by atoms with Gasteiger partial charge >= 0.3 is 0 Å².